The van der Waals surface area contributed by atoms with Crippen LogP contribution in [-0.2, 0) is 11.3 Å². The zero-order valence-electron chi connectivity index (χ0n) is 12.9. The van der Waals surface area contributed by atoms with E-state index in [0.29, 0.717) is 29.8 Å². The van der Waals surface area contributed by atoms with E-state index in [1.54, 1.807) is 24.1 Å². The van der Waals surface area contributed by atoms with Crippen molar-refractivity contribution in [3.8, 4) is 11.7 Å². The second-order valence-electron chi connectivity index (χ2n) is 5.21. The Morgan fingerprint density at radius 2 is 2.04 bits per heavy atom. The minimum absolute atomic E-state index is 0.121. The number of benzene rings is 1. The van der Waals surface area contributed by atoms with Crippen LogP contribution in [0.1, 0.15) is 5.89 Å². The number of hydrogen-bond donors (Lipinski definition) is 1. The van der Waals surface area contributed by atoms with Crippen molar-refractivity contribution < 1.29 is 18.0 Å². The molecule has 0 radical (unpaired) electrons. The number of halogens is 1. The molecule has 0 spiro atoms. The number of rotatable bonds is 6. The molecule has 0 fully saturated rings. The van der Waals surface area contributed by atoms with Crippen LogP contribution in [0, 0.1) is 5.82 Å². The molecular weight excluding hydrogens is 315 g/mol. The van der Waals surface area contributed by atoms with Crippen LogP contribution in [0.5, 0.6) is 0 Å². The van der Waals surface area contributed by atoms with Gasteiger partial charge in [0, 0.05) is 5.69 Å². The van der Waals surface area contributed by atoms with Crippen molar-refractivity contribution in [1.82, 2.24) is 15.1 Å². The summed E-state index contributed by atoms with van der Waals surface area (Å²) in [6.07, 6.45) is 1.52. The van der Waals surface area contributed by atoms with Crippen LogP contribution < -0.4 is 5.32 Å². The van der Waals surface area contributed by atoms with Gasteiger partial charge >= 0.3 is 0 Å². The lowest BCUT2D eigenvalue weighted by Gasteiger charge is -2.13. The highest BCUT2D eigenvalue weighted by atomic mass is 19.1. The number of nitrogens with one attached hydrogen (secondary N) is 1. The van der Waals surface area contributed by atoms with Crippen LogP contribution in [0.15, 0.2) is 51.5 Å². The van der Waals surface area contributed by atoms with Crippen molar-refractivity contribution in [3.63, 3.8) is 0 Å². The summed E-state index contributed by atoms with van der Waals surface area (Å²) in [5, 5.41) is 10.5. The molecule has 8 heteroatoms. The average Bonchev–Trinajstić information content (AvgIpc) is 3.20. The van der Waals surface area contributed by atoms with E-state index >= 15 is 0 Å². The normalized spacial score (nSPS) is 11.0. The molecule has 2 heterocycles. The lowest BCUT2D eigenvalue weighted by atomic mass is 10.3. The van der Waals surface area contributed by atoms with Crippen LogP contribution in [0.2, 0.25) is 0 Å². The Hall–Kier alpha value is -3.00. The van der Waals surface area contributed by atoms with Gasteiger partial charge in [0.15, 0.2) is 5.76 Å². The molecule has 3 aromatic rings. The predicted octanol–water partition coefficient (Wildman–Crippen LogP) is 2.54. The van der Waals surface area contributed by atoms with E-state index in [1.165, 1.54) is 30.5 Å². The standard InChI is InChI=1S/C16H15FN4O3/c1-21(9-14(22)18-12-6-4-11(17)5-7-12)10-15-19-20-16(24-15)13-3-2-8-23-13/h2-8H,9-10H2,1H3,(H,18,22). The Morgan fingerprint density at radius 1 is 1.25 bits per heavy atom. The summed E-state index contributed by atoms with van der Waals surface area (Å²) in [4.78, 5) is 13.7. The van der Waals surface area contributed by atoms with Crippen LogP contribution >= 0.6 is 0 Å². The molecular formula is C16H15FN4O3. The number of anilines is 1. The van der Waals surface area contributed by atoms with E-state index in [0.717, 1.165) is 0 Å². The van der Waals surface area contributed by atoms with Crippen LogP contribution in [0.4, 0.5) is 10.1 Å². The summed E-state index contributed by atoms with van der Waals surface area (Å²) in [6.45, 7) is 0.431. The second-order valence-corrected chi connectivity index (χ2v) is 5.21. The van der Waals surface area contributed by atoms with E-state index in [-0.39, 0.29) is 18.3 Å². The van der Waals surface area contributed by atoms with Gasteiger partial charge in [0.2, 0.25) is 11.8 Å². The van der Waals surface area contributed by atoms with E-state index in [2.05, 4.69) is 15.5 Å². The molecule has 3 rings (SSSR count). The topological polar surface area (TPSA) is 84.4 Å². The Bertz CT molecular complexity index is 799. The molecule has 1 N–H and O–H groups in total. The fraction of sp³-hybridized carbons (Fsp3) is 0.188. The largest absolute Gasteiger partial charge is 0.459 e. The van der Waals surface area contributed by atoms with E-state index in [9.17, 15) is 9.18 Å². The third kappa shape index (κ3) is 4.05. The van der Waals surface area contributed by atoms with Gasteiger partial charge in [-0.3, -0.25) is 9.69 Å². The smallest absolute Gasteiger partial charge is 0.283 e. The maximum atomic E-state index is 12.8. The molecule has 7 nitrogen and oxygen atoms in total. The first kappa shape index (κ1) is 15.9. The average molecular weight is 330 g/mol. The number of carbonyl (C=O) groups excluding carboxylic acids is 1. The van der Waals surface area contributed by atoms with Gasteiger partial charge in [0.25, 0.3) is 5.89 Å². The summed E-state index contributed by atoms with van der Waals surface area (Å²) >= 11 is 0. The fourth-order valence-electron chi connectivity index (χ4n) is 2.08. The van der Waals surface area contributed by atoms with Gasteiger partial charge in [-0.05, 0) is 43.4 Å². The molecule has 1 aromatic carbocycles. The quantitative estimate of drug-likeness (QED) is 0.748. The fourth-order valence-corrected chi connectivity index (χ4v) is 2.08. The highest BCUT2D eigenvalue weighted by Gasteiger charge is 2.14. The Morgan fingerprint density at radius 3 is 2.75 bits per heavy atom. The molecule has 2 aromatic heterocycles. The van der Waals surface area contributed by atoms with E-state index in [4.69, 9.17) is 8.83 Å². The molecule has 0 unspecified atom stereocenters. The Kier molecular flexibility index (Phi) is 4.66. The third-order valence-electron chi connectivity index (χ3n) is 3.15. The van der Waals surface area contributed by atoms with Gasteiger partial charge in [-0.2, -0.15) is 0 Å². The maximum absolute atomic E-state index is 12.8. The zero-order valence-corrected chi connectivity index (χ0v) is 12.9. The SMILES string of the molecule is CN(CC(=O)Nc1ccc(F)cc1)Cc1nnc(-c2ccco2)o1. The van der Waals surface area contributed by atoms with Crippen molar-refractivity contribution in [3.05, 3.63) is 54.4 Å². The maximum Gasteiger partial charge on any atom is 0.283 e. The zero-order chi connectivity index (χ0) is 16.9. The lowest BCUT2D eigenvalue weighted by Crippen LogP contribution is -2.29. The predicted molar refractivity (Wildman–Crippen MR) is 83.4 cm³/mol. The summed E-state index contributed by atoms with van der Waals surface area (Å²) < 4.78 is 23.5. The Labute approximate surface area is 137 Å². The van der Waals surface area contributed by atoms with Crippen molar-refractivity contribution in [1.29, 1.82) is 0 Å². The molecule has 0 aliphatic heterocycles. The molecule has 0 aliphatic carbocycles. The van der Waals surface area contributed by atoms with Gasteiger partial charge in [-0.1, -0.05) is 0 Å². The van der Waals surface area contributed by atoms with Gasteiger partial charge in [-0.15, -0.1) is 10.2 Å². The highest BCUT2D eigenvalue weighted by Crippen LogP contribution is 2.18. The Balaban J connectivity index is 1.52. The summed E-state index contributed by atoms with van der Waals surface area (Å²) in [6, 6.07) is 9.02. The minimum Gasteiger partial charge on any atom is -0.459 e. The first-order valence-corrected chi connectivity index (χ1v) is 7.20. The number of aromatic nitrogens is 2. The van der Waals surface area contributed by atoms with E-state index in [1.807, 2.05) is 0 Å². The number of furan rings is 1. The van der Waals surface area contributed by atoms with Crippen molar-refractivity contribution in [2.75, 3.05) is 18.9 Å². The minimum atomic E-state index is -0.353. The number of carbonyl (C=O) groups is 1. The molecule has 124 valence electrons. The number of nitrogens with zero attached hydrogens (tertiary/aromatic N) is 3. The monoisotopic (exact) mass is 330 g/mol. The highest BCUT2D eigenvalue weighted by molar-refractivity contribution is 5.92. The lowest BCUT2D eigenvalue weighted by molar-refractivity contribution is -0.117. The first-order chi connectivity index (χ1) is 11.6. The molecule has 0 atom stereocenters. The van der Waals surface area contributed by atoms with Crippen LogP contribution in [0.25, 0.3) is 11.7 Å². The summed E-state index contributed by atoms with van der Waals surface area (Å²) in [7, 11) is 1.75. The van der Waals surface area contributed by atoms with E-state index < -0.39 is 0 Å². The number of likely N-dealkylation sites (N-methyl/N-ethyl adjacent to an activating group) is 1. The van der Waals surface area contributed by atoms with Crippen LogP contribution in [-0.4, -0.2) is 34.6 Å². The van der Waals surface area contributed by atoms with Crippen molar-refractivity contribution in [2.45, 2.75) is 6.54 Å². The first-order valence-electron chi connectivity index (χ1n) is 7.20. The molecule has 0 saturated carbocycles. The third-order valence-corrected chi connectivity index (χ3v) is 3.15. The van der Waals surface area contributed by atoms with Gasteiger partial charge < -0.3 is 14.2 Å². The molecule has 0 saturated heterocycles. The number of hydrogen-bond acceptors (Lipinski definition) is 6. The van der Waals surface area contributed by atoms with Gasteiger partial charge in [-0.25, -0.2) is 4.39 Å². The van der Waals surface area contributed by atoms with Crippen molar-refractivity contribution >= 4 is 11.6 Å². The summed E-state index contributed by atoms with van der Waals surface area (Å²) in [5.74, 6) is 0.576. The van der Waals surface area contributed by atoms with Crippen LogP contribution in [0.3, 0.4) is 0 Å². The molecule has 0 bridgehead atoms. The van der Waals surface area contributed by atoms with Gasteiger partial charge in [0.05, 0.1) is 19.4 Å². The van der Waals surface area contributed by atoms with Crippen molar-refractivity contribution in [2.24, 2.45) is 0 Å². The molecule has 24 heavy (non-hydrogen) atoms. The molecule has 0 aliphatic rings. The number of amides is 1. The van der Waals surface area contributed by atoms with Gasteiger partial charge in [0.1, 0.15) is 5.82 Å². The molecule has 1 amide bonds. The summed E-state index contributed by atoms with van der Waals surface area (Å²) in [5.41, 5.74) is 0.535. The second kappa shape index (κ2) is 7.05.